The highest BCUT2D eigenvalue weighted by molar-refractivity contribution is 6.30. The molecule has 0 bridgehead atoms. The molecule has 3 rings (SSSR count). The zero-order valence-corrected chi connectivity index (χ0v) is 12.9. The standard InChI is InChI=1S/C16H17ClN4/c1-10-16(11(2)21(20-10)8-7-18)19-15-6-4-12-3-5-13(17)9-14(12)15/h3,5,9,15,19H,4,6,8H2,1-2H3. The lowest BCUT2D eigenvalue weighted by molar-refractivity contribution is 0.679. The summed E-state index contributed by atoms with van der Waals surface area (Å²) in [5.74, 6) is 0. The van der Waals surface area contributed by atoms with Crippen molar-refractivity contribution >= 4 is 17.3 Å². The number of nitriles is 1. The molecule has 1 atom stereocenters. The van der Waals surface area contributed by atoms with Crippen LogP contribution in [0.15, 0.2) is 18.2 Å². The molecule has 0 spiro atoms. The lowest BCUT2D eigenvalue weighted by atomic mass is 10.1. The van der Waals surface area contributed by atoms with E-state index in [-0.39, 0.29) is 12.6 Å². The molecule has 1 aromatic carbocycles. The van der Waals surface area contributed by atoms with Crippen molar-refractivity contribution in [2.45, 2.75) is 39.3 Å². The lowest BCUT2D eigenvalue weighted by Crippen LogP contribution is -2.09. The van der Waals surface area contributed by atoms with E-state index in [0.29, 0.717) is 0 Å². The van der Waals surface area contributed by atoms with Crippen LogP contribution in [-0.4, -0.2) is 9.78 Å². The van der Waals surface area contributed by atoms with E-state index in [0.717, 1.165) is 34.9 Å². The molecule has 108 valence electrons. The first-order chi connectivity index (χ1) is 10.1. The van der Waals surface area contributed by atoms with Gasteiger partial charge in [0.25, 0.3) is 0 Å². The highest BCUT2D eigenvalue weighted by Gasteiger charge is 2.24. The van der Waals surface area contributed by atoms with E-state index in [9.17, 15) is 0 Å². The highest BCUT2D eigenvalue weighted by Crippen LogP contribution is 2.36. The summed E-state index contributed by atoms with van der Waals surface area (Å²) < 4.78 is 1.74. The molecule has 0 saturated carbocycles. The van der Waals surface area contributed by atoms with Crippen LogP contribution in [0.5, 0.6) is 0 Å². The van der Waals surface area contributed by atoms with Gasteiger partial charge in [-0.3, -0.25) is 4.68 Å². The Kier molecular flexibility index (Phi) is 3.60. The third kappa shape index (κ3) is 2.50. The van der Waals surface area contributed by atoms with Crippen molar-refractivity contribution in [2.75, 3.05) is 5.32 Å². The smallest absolute Gasteiger partial charge is 0.128 e. The van der Waals surface area contributed by atoms with Gasteiger partial charge >= 0.3 is 0 Å². The SMILES string of the molecule is Cc1nn(CC#N)c(C)c1NC1CCc2ccc(Cl)cc21. The second-order valence-corrected chi connectivity index (χ2v) is 5.88. The number of nitrogens with one attached hydrogen (secondary N) is 1. The van der Waals surface area contributed by atoms with Crippen molar-refractivity contribution in [1.82, 2.24) is 9.78 Å². The highest BCUT2D eigenvalue weighted by atomic mass is 35.5. The van der Waals surface area contributed by atoms with Crippen molar-refractivity contribution in [3.05, 3.63) is 45.7 Å². The molecule has 1 N–H and O–H groups in total. The van der Waals surface area contributed by atoms with Gasteiger partial charge < -0.3 is 5.32 Å². The summed E-state index contributed by atoms with van der Waals surface area (Å²) in [6, 6.07) is 8.50. The Bertz CT molecular complexity index is 727. The number of rotatable bonds is 3. The first kappa shape index (κ1) is 14.0. The van der Waals surface area contributed by atoms with Gasteiger partial charge in [0.1, 0.15) is 6.54 Å². The van der Waals surface area contributed by atoms with Gasteiger partial charge in [0.15, 0.2) is 0 Å². The van der Waals surface area contributed by atoms with Crippen molar-refractivity contribution in [3.63, 3.8) is 0 Å². The van der Waals surface area contributed by atoms with E-state index >= 15 is 0 Å². The first-order valence-electron chi connectivity index (χ1n) is 7.06. The Morgan fingerprint density at radius 2 is 2.29 bits per heavy atom. The third-order valence-electron chi connectivity index (χ3n) is 4.11. The number of nitrogens with zero attached hydrogens (tertiary/aromatic N) is 3. The number of anilines is 1. The molecular formula is C16H17ClN4. The molecule has 1 aliphatic carbocycles. The average molecular weight is 301 g/mol. The molecule has 1 aromatic heterocycles. The summed E-state index contributed by atoms with van der Waals surface area (Å²) in [7, 11) is 0. The van der Waals surface area contributed by atoms with Gasteiger partial charge in [-0.15, -0.1) is 0 Å². The van der Waals surface area contributed by atoms with Gasteiger partial charge in [0, 0.05) is 5.02 Å². The summed E-state index contributed by atoms with van der Waals surface area (Å²) in [4.78, 5) is 0. The van der Waals surface area contributed by atoms with Gasteiger partial charge in [0.2, 0.25) is 0 Å². The van der Waals surface area contributed by atoms with Crippen LogP contribution in [0.1, 0.15) is 35.0 Å². The molecule has 0 saturated heterocycles. The van der Waals surface area contributed by atoms with E-state index in [4.69, 9.17) is 16.9 Å². The summed E-state index contributed by atoms with van der Waals surface area (Å²) in [5.41, 5.74) is 5.59. The number of hydrogen-bond donors (Lipinski definition) is 1. The zero-order chi connectivity index (χ0) is 15.0. The van der Waals surface area contributed by atoms with Gasteiger partial charge in [-0.1, -0.05) is 17.7 Å². The molecule has 0 amide bonds. The molecule has 0 aliphatic heterocycles. The van der Waals surface area contributed by atoms with E-state index in [1.165, 1.54) is 11.1 Å². The normalized spacial score (nSPS) is 16.6. The summed E-state index contributed by atoms with van der Waals surface area (Å²) >= 11 is 6.12. The van der Waals surface area contributed by atoms with Crippen LogP contribution in [-0.2, 0) is 13.0 Å². The number of benzene rings is 1. The summed E-state index contributed by atoms with van der Waals surface area (Å²) in [5, 5.41) is 17.6. The largest absolute Gasteiger partial charge is 0.375 e. The predicted octanol–water partition coefficient (Wildman–Crippen LogP) is 3.78. The number of fused-ring (bicyclic) bond motifs is 1. The van der Waals surface area contributed by atoms with Crippen LogP contribution in [0, 0.1) is 25.2 Å². The van der Waals surface area contributed by atoms with Gasteiger partial charge in [-0.25, -0.2) is 0 Å². The molecule has 21 heavy (non-hydrogen) atoms. The molecule has 1 unspecified atom stereocenters. The molecule has 5 heteroatoms. The van der Waals surface area contributed by atoms with Crippen molar-refractivity contribution < 1.29 is 0 Å². The Labute approximate surface area is 129 Å². The van der Waals surface area contributed by atoms with Crippen molar-refractivity contribution in [1.29, 1.82) is 5.26 Å². The van der Waals surface area contributed by atoms with Crippen LogP contribution in [0.2, 0.25) is 5.02 Å². The fraction of sp³-hybridized carbons (Fsp3) is 0.375. The Morgan fingerprint density at radius 3 is 3.05 bits per heavy atom. The molecule has 1 aliphatic rings. The van der Waals surface area contributed by atoms with E-state index in [1.54, 1.807) is 4.68 Å². The topological polar surface area (TPSA) is 53.6 Å². The minimum absolute atomic E-state index is 0.260. The van der Waals surface area contributed by atoms with Crippen molar-refractivity contribution in [3.8, 4) is 6.07 Å². The number of aryl methyl sites for hydroxylation is 2. The maximum Gasteiger partial charge on any atom is 0.128 e. The predicted molar refractivity (Wildman–Crippen MR) is 83.5 cm³/mol. The lowest BCUT2D eigenvalue weighted by Gasteiger charge is -2.16. The molecule has 0 fully saturated rings. The van der Waals surface area contributed by atoms with Crippen LogP contribution < -0.4 is 5.32 Å². The second-order valence-electron chi connectivity index (χ2n) is 5.44. The first-order valence-corrected chi connectivity index (χ1v) is 7.43. The maximum absolute atomic E-state index is 8.84. The molecular weight excluding hydrogens is 284 g/mol. The van der Waals surface area contributed by atoms with Gasteiger partial charge in [-0.2, -0.15) is 10.4 Å². The Balaban J connectivity index is 1.90. The average Bonchev–Trinajstić information content (AvgIpc) is 2.96. The molecule has 2 aromatic rings. The van der Waals surface area contributed by atoms with E-state index < -0.39 is 0 Å². The minimum Gasteiger partial charge on any atom is -0.375 e. The fourth-order valence-corrected chi connectivity index (χ4v) is 3.20. The summed E-state index contributed by atoms with van der Waals surface area (Å²) in [6.07, 6.45) is 2.12. The van der Waals surface area contributed by atoms with Crippen LogP contribution in [0.25, 0.3) is 0 Å². The minimum atomic E-state index is 0.260. The Hall–Kier alpha value is -1.99. The molecule has 4 nitrogen and oxygen atoms in total. The number of aromatic nitrogens is 2. The quantitative estimate of drug-likeness (QED) is 0.938. The zero-order valence-electron chi connectivity index (χ0n) is 12.2. The van der Waals surface area contributed by atoms with Crippen LogP contribution in [0.4, 0.5) is 5.69 Å². The van der Waals surface area contributed by atoms with Gasteiger partial charge in [-0.05, 0) is 49.9 Å². The van der Waals surface area contributed by atoms with Crippen LogP contribution in [0.3, 0.4) is 0 Å². The van der Waals surface area contributed by atoms with E-state index in [1.807, 2.05) is 26.0 Å². The number of halogens is 1. The monoisotopic (exact) mass is 300 g/mol. The van der Waals surface area contributed by atoms with Gasteiger partial charge in [0.05, 0.1) is 29.2 Å². The fourth-order valence-electron chi connectivity index (χ4n) is 3.02. The summed E-state index contributed by atoms with van der Waals surface area (Å²) in [6.45, 7) is 4.24. The number of hydrogen-bond acceptors (Lipinski definition) is 3. The molecule has 1 heterocycles. The molecule has 0 radical (unpaired) electrons. The third-order valence-corrected chi connectivity index (χ3v) is 4.34. The van der Waals surface area contributed by atoms with E-state index in [2.05, 4.69) is 22.6 Å². The maximum atomic E-state index is 8.84. The Morgan fingerprint density at radius 1 is 1.48 bits per heavy atom. The van der Waals surface area contributed by atoms with Crippen LogP contribution >= 0.6 is 11.6 Å². The second kappa shape index (κ2) is 5.42. The van der Waals surface area contributed by atoms with Crippen molar-refractivity contribution in [2.24, 2.45) is 0 Å².